The third-order valence-electron chi connectivity index (χ3n) is 3.78. The Kier molecular flexibility index (Phi) is 2.45. The first-order valence-electron chi connectivity index (χ1n) is 5.72. The van der Waals surface area contributed by atoms with Gasteiger partial charge in [0.25, 0.3) is 11.8 Å². The van der Waals surface area contributed by atoms with Crippen molar-refractivity contribution in [3.05, 3.63) is 12.2 Å². The quantitative estimate of drug-likeness (QED) is 0.690. The summed E-state index contributed by atoms with van der Waals surface area (Å²) < 4.78 is 0. The Hall–Kier alpha value is -1.20. The van der Waals surface area contributed by atoms with Gasteiger partial charge in [-0.1, -0.05) is 0 Å². The summed E-state index contributed by atoms with van der Waals surface area (Å²) in [5, 5.41) is 11.4. The second-order valence-corrected chi connectivity index (χ2v) is 5.88. The molecule has 17 heavy (non-hydrogen) atoms. The number of imide groups is 1. The fourth-order valence-electron chi connectivity index (χ4n) is 2.86. The van der Waals surface area contributed by atoms with Crippen LogP contribution in [0.3, 0.4) is 0 Å². The van der Waals surface area contributed by atoms with E-state index in [1.165, 1.54) is 22.1 Å². The lowest BCUT2D eigenvalue weighted by atomic mass is 9.93. The molecule has 1 saturated heterocycles. The highest BCUT2D eigenvalue weighted by atomic mass is 16.5. The summed E-state index contributed by atoms with van der Waals surface area (Å²) in [5.74, 6) is -0.585. The number of rotatable bonds is 1. The summed E-state index contributed by atoms with van der Waals surface area (Å²) in [4.78, 5) is 24.6. The largest absolute Gasteiger partial charge is 0.313 e. The summed E-state index contributed by atoms with van der Waals surface area (Å²) >= 11 is 0. The number of carbonyl (C=O) groups excluding carboxylic acids is 2. The molecule has 0 radical (unpaired) electrons. The first kappa shape index (κ1) is 12.3. The van der Waals surface area contributed by atoms with Crippen LogP contribution in [0, 0.1) is 0 Å². The van der Waals surface area contributed by atoms with Crippen molar-refractivity contribution in [1.82, 2.24) is 9.96 Å². The third kappa shape index (κ3) is 1.61. The SMILES string of the molecule is CC1(C)CC(N2C(=O)C=CC2=O)C(C)(C)N1O. The van der Waals surface area contributed by atoms with Gasteiger partial charge in [-0.05, 0) is 34.1 Å². The van der Waals surface area contributed by atoms with Crippen LogP contribution in [0.2, 0.25) is 0 Å². The molecule has 1 atom stereocenters. The van der Waals surface area contributed by atoms with Crippen molar-refractivity contribution in [2.24, 2.45) is 0 Å². The molecule has 2 heterocycles. The van der Waals surface area contributed by atoms with Crippen molar-refractivity contribution in [1.29, 1.82) is 0 Å². The Balaban J connectivity index is 2.35. The molecule has 94 valence electrons. The molecule has 0 saturated carbocycles. The molecule has 2 aliphatic rings. The van der Waals surface area contributed by atoms with E-state index in [9.17, 15) is 14.8 Å². The normalized spacial score (nSPS) is 31.6. The van der Waals surface area contributed by atoms with Crippen molar-refractivity contribution in [2.45, 2.75) is 51.2 Å². The number of hydrogen-bond donors (Lipinski definition) is 1. The monoisotopic (exact) mass is 238 g/mol. The zero-order valence-corrected chi connectivity index (χ0v) is 10.6. The van der Waals surface area contributed by atoms with Crippen molar-refractivity contribution >= 4 is 11.8 Å². The van der Waals surface area contributed by atoms with Crippen LogP contribution < -0.4 is 0 Å². The molecular weight excluding hydrogens is 220 g/mol. The molecule has 0 aromatic rings. The van der Waals surface area contributed by atoms with Gasteiger partial charge in [-0.25, -0.2) is 0 Å². The summed E-state index contributed by atoms with van der Waals surface area (Å²) in [5.41, 5.74) is -1.09. The maximum absolute atomic E-state index is 11.7. The minimum atomic E-state index is -0.638. The Morgan fingerprint density at radius 1 is 1.18 bits per heavy atom. The minimum absolute atomic E-state index is 0.292. The van der Waals surface area contributed by atoms with Gasteiger partial charge in [0.2, 0.25) is 0 Å². The highest BCUT2D eigenvalue weighted by Gasteiger charge is 2.55. The second-order valence-electron chi connectivity index (χ2n) is 5.88. The molecule has 2 amide bonds. The van der Waals surface area contributed by atoms with Gasteiger partial charge in [-0.15, -0.1) is 0 Å². The van der Waals surface area contributed by atoms with Gasteiger partial charge in [0.15, 0.2) is 0 Å². The van der Waals surface area contributed by atoms with Gasteiger partial charge in [0.05, 0.1) is 11.6 Å². The molecular formula is C12H18N2O3. The third-order valence-corrected chi connectivity index (χ3v) is 3.78. The zero-order chi connectivity index (χ0) is 13.0. The van der Waals surface area contributed by atoms with Gasteiger partial charge in [0, 0.05) is 17.7 Å². The number of nitrogens with zero attached hydrogens (tertiary/aromatic N) is 2. The van der Waals surface area contributed by atoms with Crippen molar-refractivity contribution < 1.29 is 14.8 Å². The Labute approximate surface area is 101 Å². The van der Waals surface area contributed by atoms with E-state index in [1.54, 1.807) is 0 Å². The van der Waals surface area contributed by atoms with E-state index in [-0.39, 0.29) is 17.9 Å². The molecule has 0 bridgehead atoms. The first-order valence-corrected chi connectivity index (χ1v) is 5.72. The maximum Gasteiger partial charge on any atom is 0.253 e. The summed E-state index contributed by atoms with van der Waals surface area (Å²) in [6.07, 6.45) is 3.13. The van der Waals surface area contributed by atoms with Crippen LogP contribution in [0.1, 0.15) is 34.1 Å². The smallest absolute Gasteiger partial charge is 0.253 e. The van der Waals surface area contributed by atoms with Crippen LogP contribution in [-0.4, -0.2) is 44.1 Å². The number of carbonyl (C=O) groups is 2. The number of hydroxylamine groups is 2. The lowest BCUT2D eigenvalue weighted by molar-refractivity contribution is -0.198. The van der Waals surface area contributed by atoms with Crippen molar-refractivity contribution in [2.75, 3.05) is 0 Å². The highest BCUT2D eigenvalue weighted by molar-refractivity contribution is 6.13. The Morgan fingerprint density at radius 2 is 1.65 bits per heavy atom. The zero-order valence-electron chi connectivity index (χ0n) is 10.6. The average molecular weight is 238 g/mol. The van der Waals surface area contributed by atoms with Crippen LogP contribution in [0.15, 0.2) is 12.2 Å². The van der Waals surface area contributed by atoms with E-state index in [0.717, 1.165) is 0 Å². The van der Waals surface area contributed by atoms with E-state index in [2.05, 4.69) is 0 Å². The Bertz CT molecular complexity index is 394. The summed E-state index contributed by atoms with van der Waals surface area (Å²) in [7, 11) is 0. The fraction of sp³-hybridized carbons (Fsp3) is 0.667. The first-order chi connectivity index (χ1) is 7.68. The minimum Gasteiger partial charge on any atom is -0.313 e. The lowest BCUT2D eigenvalue weighted by Crippen LogP contribution is -2.54. The van der Waals surface area contributed by atoms with E-state index in [0.29, 0.717) is 6.42 Å². The van der Waals surface area contributed by atoms with Crippen LogP contribution >= 0.6 is 0 Å². The van der Waals surface area contributed by atoms with E-state index in [4.69, 9.17) is 0 Å². The fourth-order valence-corrected chi connectivity index (χ4v) is 2.86. The van der Waals surface area contributed by atoms with Gasteiger partial charge in [-0.3, -0.25) is 14.5 Å². The van der Waals surface area contributed by atoms with Crippen molar-refractivity contribution in [3.63, 3.8) is 0 Å². The van der Waals surface area contributed by atoms with E-state index in [1.807, 2.05) is 27.7 Å². The maximum atomic E-state index is 11.7. The van der Waals surface area contributed by atoms with Gasteiger partial charge >= 0.3 is 0 Å². The van der Waals surface area contributed by atoms with Gasteiger partial charge < -0.3 is 5.21 Å². The molecule has 2 rings (SSSR count). The second kappa shape index (κ2) is 3.40. The predicted molar refractivity (Wildman–Crippen MR) is 61.2 cm³/mol. The molecule has 1 N–H and O–H groups in total. The molecule has 0 aromatic carbocycles. The van der Waals surface area contributed by atoms with Crippen LogP contribution in [-0.2, 0) is 9.59 Å². The molecule has 0 spiro atoms. The van der Waals surface area contributed by atoms with Crippen molar-refractivity contribution in [3.8, 4) is 0 Å². The summed E-state index contributed by atoms with van der Waals surface area (Å²) in [6.45, 7) is 7.47. The van der Waals surface area contributed by atoms with Crippen LogP contribution in [0.4, 0.5) is 0 Å². The summed E-state index contributed by atoms with van der Waals surface area (Å²) in [6, 6.07) is -0.308. The van der Waals surface area contributed by atoms with E-state index < -0.39 is 11.1 Å². The number of hydrogen-bond acceptors (Lipinski definition) is 4. The Morgan fingerprint density at radius 3 is 2.00 bits per heavy atom. The highest BCUT2D eigenvalue weighted by Crippen LogP contribution is 2.42. The lowest BCUT2D eigenvalue weighted by Gasteiger charge is -2.37. The number of amides is 2. The standard InChI is InChI=1S/C12H18N2O3/c1-11(2)7-8(12(3,4)14(11)17)13-9(15)5-6-10(13)16/h5-6,8,17H,7H2,1-4H3. The molecule has 2 aliphatic heterocycles. The molecule has 1 unspecified atom stereocenters. The predicted octanol–water partition coefficient (Wildman–Crippen LogP) is 0.932. The van der Waals surface area contributed by atoms with Gasteiger partial charge in [-0.2, -0.15) is 5.06 Å². The van der Waals surface area contributed by atoms with E-state index >= 15 is 0 Å². The topological polar surface area (TPSA) is 60.9 Å². The average Bonchev–Trinajstić information content (AvgIpc) is 2.60. The van der Waals surface area contributed by atoms with Crippen LogP contribution in [0.5, 0.6) is 0 Å². The molecule has 5 heteroatoms. The molecule has 0 aliphatic carbocycles. The molecule has 1 fully saturated rings. The molecule has 5 nitrogen and oxygen atoms in total. The van der Waals surface area contributed by atoms with Gasteiger partial charge in [0.1, 0.15) is 0 Å². The van der Waals surface area contributed by atoms with Crippen LogP contribution in [0.25, 0.3) is 0 Å². The molecule has 0 aromatic heterocycles.